The summed E-state index contributed by atoms with van der Waals surface area (Å²) < 4.78 is 5.44. The second kappa shape index (κ2) is 7.49. The van der Waals surface area contributed by atoms with Crippen molar-refractivity contribution in [1.29, 1.82) is 0 Å². The van der Waals surface area contributed by atoms with Gasteiger partial charge in [0, 0.05) is 25.7 Å². The molecule has 1 unspecified atom stereocenters. The zero-order chi connectivity index (χ0) is 16.9. The number of amides is 1. The van der Waals surface area contributed by atoms with Gasteiger partial charge in [-0.15, -0.1) is 0 Å². The Morgan fingerprint density at radius 1 is 1.42 bits per heavy atom. The standard InChI is InChI=1S/C18H24N4O2/c1-13-20-9-17(24-13)10-21-16-6-4-14(5-7-16)11-22-8-2-3-15(12-22)18(19)23/h4-7,9,15,21H,2-3,8,10-12H2,1H3,(H2,19,23). The number of benzene rings is 1. The van der Waals surface area contributed by atoms with Crippen molar-refractivity contribution in [2.75, 3.05) is 18.4 Å². The molecule has 1 aliphatic rings. The van der Waals surface area contributed by atoms with E-state index in [-0.39, 0.29) is 11.8 Å². The van der Waals surface area contributed by atoms with Gasteiger partial charge in [0.15, 0.2) is 5.89 Å². The van der Waals surface area contributed by atoms with E-state index < -0.39 is 0 Å². The van der Waals surface area contributed by atoms with E-state index in [2.05, 4.69) is 39.5 Å². The molecule has 2 aromatic rings. The number of carbonyl (C=O) groups is 1. The normalized spacial score (nSPS) is 18.5. The summed E-state index contributed by atoms with van der Waals surface area (Å²) in [6.45, 7) is 5.09. The van der Waals surface area contributed by atoms with Gasteiger partial charge in [0.25, 0.3) is 0 Å². The molecule has 1 aromatic carbocycles. The van der Waals surface area contributed by atoms with Crippen molar-refractivity contribution in [2.45, 2.75) is 32.9 Å². The molecule has 1 aliphatic heterocycles. The van der Waals surface area contributed by atoms with Crippen LogP contribution in [0.4, 0.5) is 5.69 Å². The Morgan fingerprint density at radius 2 is 2.21 bits per heavy atom. The van der Waals surface area contributed by atoms with Crippen LogP contribution in [0.15, 0.2) is 34.9 Å². The lowest BCUT2D eigenvalue weighted by atomic mass is 9.97. The first kappa shape index (κ1) is 16.5. The van der Waals surface area contributed by atoms with Crippen LogP contribution >= 0.6 is 0 Å². The Morgan fingerprint density at radius 3 is 2.88 bits per heavy atom. The van der Waals surface area contributed by atoms with Crippen molar-refractivity contribution in [3.63, 3.8) is 0 Å². The molecule has 128 valence electrons. The largest absolute Gasteiger partial charge is 0.444 e. The number of rotatable bonds is 6. The molecule has 2 heterocycles. The van der Waals surface area contributed by atoms with Crippen LogP contribution in [0.5, 0.6) is 0 Å². The van der Waals surface area contributed by atoms with Gasteiger partial charge >= 0.3 is 0 Å². The van der Waals surface area contributed by atoms with Crippen LogP contribution in [0, 0.1) is 12.8 Å². The predicted octanol–water partition coefficient (Wildman–Crippen LogP) is 2.29. The van der Waals surface area contributed by atoms with Crippen LogP contribution < -0.4 is 11.1 Å². The third kappa shape index (κ3) is 4.35. The second-order valence-corrected chi connectivity index (χ2v) is 6.37. The number of hydrogen-bond donors (Lipinski definition) is 2. The number of primary amides is 1. The van der Waals surface area contributed by atoms with E-state index in [1.807, 2.05) is 6.92 Å². The average Bonchev–Trinajstić information content (AvgIpc) is 3.00. The quantitative estimate of drug-likeness (QED) is 0.850. The smallest absolute Gasteiger partial charge is 0.221 e. The number of nitrogens with one attached hydrogen (secondary N) is 1. The molecule has 1 amide bonds. The van der Waals surface area contributed by atoms with Crippen LogP contribution in [0.3, 0.4) is 0 Å². The van der Waals surface area contributed by atoms with Gasteiger partial charge < -0.3 is 15.5 Å². The Hall–Kier alpha value is -2.34. The monoisotopic (exact) mass is 328 g/mol. The van der Waals surface area contributed by atoms with Crippen molar-refractivity contribution in [2.24, 2.45) is 11.7 Å². The maximum Gasteiger partial charge on any atom is 0.221 e. The Balaban J connectivity index is 1.51. The lowest BCUT2D eigenvalue weighted by Crippen LogP contribution is -2.40. The molecule has 0 aliphatic carbocycles. The topological polar surface area (TPSA) is 84.4 Å². The molecule has 1 fully saturated rings. The predicted molar refractivity (Wildman–Crippen MR) is 92.2 cm³/mol. The summed E-state index contributed by atoms with van der Waals surface area (Å²) in [5, 5.41) is 3.32. The molecule has 1 aromatic heterocycles. The lowest BCUT2D eigenvalue weighted by Gasteiger charge is -2.31. The van der Waals surface area contributed by atoms with Gasteiger partial charge in [-0.1, -0.05) is 12.1 Å². The SMILES string of the molecule is Cc1ncc(CNc2ccc(CN3CCCC(C(N)=O)C3)cc2)o1. The molecule has 0 spiro atoms. The molecular formula is C18H24N4O2. The molecule has 6 heteroatoms. The molecule has 24 heavy (non-hydrogen) atoms. The summed E-state index contributed by atoms with van der Waals surface area (Å²) in [7, 11) is 0. The van der Waals surface area contributed by atoms with Crippen molar-refractivity contribution in [3.05, 3.63) is 47.7 Å². The van der Waals surface area contributed by atoms with Gasteiger partial charge in [-0.3, -0.25) is 9.69 Å². The first-order chi connectivity index (χ1) is 11.6. The van der Waals surface area contributed by atoms with E-state index in [1.165, 1.54) is 5.56 Å². The van der Waals surface area contributed by atoms with Gasteiger partial charge in [0.05, 0.1) is 18.7 Å². The highest BCUT2D eigenvalue weighted by molar-refractivity contribution is 5.76. The summed E-state index contributed by atoms with van der Waals surface area (Å²) in [5.41, 5.74) is 7.72. The molecular weight excluding hydrogens is 304 g/mol. The lowest BCUT2D eigenvalue weighted by molar-refractivity contribution is -0.123. The van der Waals surface area contributed by atoms with E-state index in [1.54, 1.807) is 6.20 Å². The van der Waals surface area contributed by atoms with Crippen molar-refractivity contribution in [1.82, 2.24) is 9.88 Å². The summed E-state index contributed by atoms with van der Waals surface area (Å²) >= 11 is 0. The van der Waals surface area contributed by atoms with Crippen LogP contribution in [0.1, 0.15) is 30.1 Å². The third-order valence-corrected chi connectivity index (χ3v) is 4.40. The van der Waals surface area contributed by atoms with Gasteiger partial charge in [0.2, 0.25) is 5.91 Å². The third-order valence-electron chi connectivity index (χ3n) is 4.40. The summed E-state index contributed by atoms with van der Waals surface area (Å²) in [4.78, 5) is 17.7. The minimum Gasteiger partial charge on any atom is -0.444 e. The molecule has 3 N–H and O–H groups in total. The highest BCUT2D eigenvalue weighted by atomic mass is 16.4. The van der Waals surface area contributed by atoms with Crippen LogP contribution in [-0.2, 0) is 17.9 Å². The Kier molecular flexibility index (Phi) is 5.15. The van der Waals surface area contributed by atoms with E-state index >= 15 is 0 Å². The molecule has 1 atom stereocenters. The minimum atomic E-state index is -0.179. The molecule has 0 radical (unpaired) electrons. The number of likely N-dealkylation sites (tertiary alicyclic amines) is 1. The average molecular weight is 328 g/mol. The Bertz CT molecular complexity index is 681. The number of anilines is 1. The summed E-state index contributed by atoms with van der Waals surface area (Å²) in [6.07, 6.45) is 3.68. The first-order valence-electron chi connectivity index (χ1n) is 8.36. The van der Waals surface area contributed by atoms with Crippen LogP contribution in [0.25, 0.3) is 0 Å². The molecule has 6 nitrogen and oxygen atoms in total. The molecule has 0 saturated carbocycles. The number of oxazole rings is 1. The summed E-state index contributed by atoms with van der Waals surface area (Å²) in [5.74, 6) is 1.31. The van der Waals surface area contributed by atoms with Crippen LogP contribution in [-0.4, -0.2) is 28.9 Å². The van der Waals surface area contributed by atoms with E-state index in [0.717, 1.165) is 43.9 Å². The van der Waals surface area contributed by atoms with Gasteiger partial charge in [-0.2, -0.15) is 0 Å². The number of nitrogens with zero attached hydrogens (tertiary/aromatic N) is 2. The maximum absolute atomic E-state index is 11.4. The second-order valence-electron chi connectivity index (χ2n) is 6.37. The fourth-order valence-electron chi connectivity index (χ4n) is 3.09. The maximum atomic E-state index is 11.4. The van der Waals surface area contributed by atoms with Crippen molar-refractivity contribution in [3.8, 4) is 0 Å². The first-order valence-corrected chi connectivity index (χ1v) is 8.36. The fraction of sp³-hybridized carbons (Fsp3) is 0.444. The van der Waals surface area contributed by atoms with Crippen molar-refractivity contribution >= 4 is 11.6 Å². The van der Waals surface area contributed by atoms with Crippen LogP contribution in [0.2, 0.25) is 0 Å². The number of aromatic nitrogens is 1. The molecule has 1 saturated heterocycles. The van der Waals surface area contributed by atoms with Gasteiger partial charge in [0.1, 0.15) is 5.76 Å². The minimum absolute atomic E-state index is 0.00921. The molecule has 3 rings (SSSR count). The number of piperidine rings is 1. The van der Waals surface area contributed by atoms with E-state index in [9.17, 15) is 4.79 Å². The number of aryl methyl sites for hydroxylation is 1. The zero-order valence-corrected chi connectivity index (χ0v) is 14.0. The highest BCUT2D eigenvalue weighted by Gasteiger charge is 2.23. The highest BCUT2D eigenvalue weighted by Crippen LogP contribution is 2.19. The van der Waals surface area contributed by atoms with Gasteiger partial charge in [-0.25, -0.2) is 4.98 Å². The number of hydrogen-bond acceptors (Lipinski definition) is 5. The Labute approximate surface area is 142 Å². The van der Waals surface area contributed by atoms with E-state index in [0.29, 0.717) is 12.4 Å². The van der Waals surface area contributed by atoms with E-state index in [4.69, 9.17) is 10.2 Å². The number of carbonyl (C=O) groups excluding carboxylic acids is 1. The van der Waals surface area contributed by atoms with Crippen molar-refractivity contribution < 1.29 is 9.21 Å². The molecule has 0 bridgehead atoms. The van der Waals surface area contributed by atoms with Gasteiger partial charge in [-0.05, 0) is 37.1 Å². The fourth-order valence-corrected chi connectivity index (χ4v) is 3.09. The number of nitrogens with two attached hydrogens (primary N) is 1. The zero-order valence-electron chi connectivity index (χ0n) is 14.0. The summed E-state index contributed by atoms with van der Waals surface area (Å²) in [6, 6.07) is 8.35.